The molecule has 3 aromatic heterocycles. The van der Waals surface area contributed by atoms with Crippen molar-refractivity contribution in [1.82, 2.24) is 29.2 Å². The van der Waals surface area contributed by atoms with E-state index in [2.05, 4.69) is 50.7 Å². The summed E-state index contributed by atoms with van der Waals surface area (Å²) >= 11 is 0. The number of carbonyl (C=O) groups excluding carboxylic acids is 1. The van der Waals surface area contributed by atoms with Gasteiger partial charge < -0.3 is 24.8 Å². The number of aromatic nitrogens is 5. The summed E-state index contributed by atoms with van der Waals surface area (Å²) in [5.74, 6) is 0.975. The zero-order valence-corrected chi connectivity index (χ0v) is 23.7. The molecule has 11 nitrogen and oxygen atoms in total. The van der Waals surface area contributed by atoms with Gasteiger partial charge in [0.05, 0.1) is 17.9 Å². The summed E-state index contributed by atoms with van der Waals surface area (Å²) in [5, 5.41) is 8.42. The molecule has 0 spiro atoms. The maximum atomic E-state index is 13.6. The van der Waals surface area contributed by atoms with Crippen molar-refractivity contribution in [2.75, 3.05) is 36.5 Å². The lowest BCUT2D eigenvalue weighted by Gasteiger charge is -2.30. The molecule has 1 saturated heterocycles. The van der Waals surface area contributed by atoms with Crippen LogP contribution in [0.2, 0.25) is 0 Å². The van der Waals surface area contributed by atoms with E-state index in [-0.39, 0.29) is 18.1 Å². The smallest absolute Gasteiger partial charge is 0.278 e. The van der Waals surface area contributed by atoms with Crippen molar-refractivity contribution in [2.24, 2.45) is 0 Å². The van der Waals surface area contributed by atoms with E-state index in [1.807, 2.05) is 35.0 Å². The molecule has 11 heteroatoms. The molecule has 1 amide bonds. The highest BCUT2D eigenvalue weighted by molar-refractivity contribution is 5.98. The molecule has 0 saturated carbocycles. The highest BCUT2D eigenvalue weighted by Crippen LogP contribution is 2.35. The molecule has 2 bridgehead atoms. The topological polar surface area (TPSA) is 111 Å². The van der Waals surface area contributed by atoms with Gasteiger partial charge in [-0.3, -0.25) is 9.59 Å². The standard InChI is InChI=1S/C32H32N8O3/c41-29-20-43-28-10-8-23-17-27(28)38(29)13-3-1-2-4-14-39-31(42)25-19-34-32(36-30(25)40(23)39)35-22-7-9-26-21(16-22)11-15-37(26)24-6-5-12-33-18-24/h2,4,7-11,15-17,19,24,33H,1,3,5-6,12-14,18,20H2,(H,34,35,36)/b4-2-. The Morgan fingerprint density at radius 2 is 2.00 bits per heavy atom. The molecule has 6 heterocycles. The molecular weight excluding hydrogens is 544 g/mol. The Hall–Kier alpha value is -4.90. The van der Waals surface area contributed by atoms with Gasteiger partial charge in [0.25, 0.3) is 11.5 Å². The lowest BCUT2D eigenvalue weighted by Crippen LogP contribution is -2.39. The van der Waals surface area contributed by atoms with E-state index in [0.29, 0.717) is 53.2 Å². The number of ether oxygens (including phenoxy) is 1. The Balaban J connectivity index is 1.19. The summed E-state index contributed by atoms with van der Waals surface area (Å²) in [6.45, 7) is 3.08. The minimum absolute atomic E-state index is 0.0237. The maximum Gasteiger partial charge on any atom is 0.278 e. The summed E-state index contributed by atoms with van der Waals surface area (Å²) in [5.41, 5.74) is 3.80. The van der Waals surface area contributed by atoms with Gasteiger partial charge in [0, 0.05) is 48.1 Å². The minimum Gasteiger partial charge on any atom is -0.482 e. The van der Waals surface area contributed by atoms with Crippen molar-refractivity contribution in [3.8, 4) is 11.4 Å². The van der Waals surface area contributed by atoms with Gasteiger partial charge in [-0.05, 0) is 74.7 Å². The van der Waals surface area contributed by atoms with Crippen LogP contribution in [0, 0.1) is 0 Å². The zero-order chi connectivity index (χ0) is 28.9. The van der Waals surface area contributed by atoms with Crippen LogP contribution in [-0.2, 0) is 11.3 Å². The Labute approximate surface area is 247 Å². The number of allylic oxidation sites excluding steroid dienone is 2. The predicted molar refractivity (Wildman–Crippen MR) is 166 cm³/mol. The quantitative estimate of drug-likeness (QED) is 0.309. The first-order valence-corrected chi connectivity index (χ1v) is 14.9. The molecule has 2 aromatic carbocycles. The van der Waals surface area contributed by atoms with Gasteiger partial charge in [-0.1, -0.05) is 12.2 Å². The van der Waals surface area contributed by atoms with Crippen LogP contribution in [0.5, 0.6) is 5.75 Å². The number of carbonyl (C=O) groups is 1. The van der Waals surface area contributed by atoms with Crippen molar-refractivity contribution in [3.05, 3.63) is 77.4 Å². The monoisotopic (exact) mass is 576 g/mol. The van der Waals surface area contributed by atoms with Crippen LogP contribution < -0.4 is 25.8 Å². The zero-order valence-electron chi connectivity index (χ0n) is 23.7. The van der Waals surface area contributed by atoms with Crippen LogP contribution in [-0.4, -0.2) is 56.0 Å². The fourth-order valence-corrected chi connectivity index (χ4v) is 6.50. The summed E-state index contributed by atoms with van der Waals surface area (Å²) in [7, 11) is 0. The van der Waals surface area contributed by atoms with Crippen LogP contribution in [0.4, 0.5) is 17.3 Å². The SMILES string of the molecule is O=C1COc2ccc3cc2N1CCC/C=C\Cn1c(=O)c2cnc(Nc4ccc5c(ccn5C5CCCNC5)c4)nc2n1-3. The van der Waals surface area contributed by atoms with Crippen molar-refractivity contribution in [2.45, 2.75) is 38.3 Å². The first-order chi connectivity index (χ1) is 21.1. The number of rotatable bonds is 3. The van der Waals surface area contributed by atoms with E-state index >= 15 is 0 Å². The lowest BCUT2D eigenvalue weighted by molar-refractivity contribution is -0.121. The van der Waals surface area contributed by atoms with Gasteiger partial charge in [-0.2, -0.15) is 4.98 Å². The molecule has 1 atom stereocenters. The van der Waals surface area contributed by atoms with E-state index < -0.39 is 0 Å². The number of nitrogens with one attached hydrogen (secondary N) is 2. The van der Waals surface area contributed by atoms with E-state index in [4.69, 9.17) is 9.72 Å². The van der Waals surface area contributed by atoms with Gasteiger partial charge in [0.2, 0.25) is 5.95 Å². The van der Waals surface area contributed by atoms with Gasteiger partial charge in [0.15, 0.2) is 12.3 Å². The summed E-state index contributed by atoms with van der Waals surface area (Å²) in [4.78, 5) is 37.5. The summed E-state index contributed by atoms with van der Waals surface area (Å²) < 4.78 is 11.6. The minimum atomic E-state index is -0.176. The third-order valence-electron chi connectivity index (χ3n) is 8.64. The Kier molecular flexibility index (Phi) is 6.25. The second kappa shape index (κ2) is 10.4. The largest absolute Gasteiger partial charge is 0.482 e. The molecule has 5 aromatic rings. The Morgan fingerprint density at radius 1 is 1.05 bits per heavy atom. The molecule has 218 valence electrons. The van der Waals surface area contributed by atoms with E-state index in [9.17, 15) is 9.59 Å². The average molecular weight is 577 g/mol. The fourth-order valence-electron chi connectivity index (χ4n) is 6.50. The number of benzene rings is 2. The van der Waals surface area contributed by atoms with E-state index in [1.54, 1.807) is 15.8 Å². The van der Waals surface area contributed by atoms with Gasteiger partial charge in [-0.15, -0.1) is 0 Å². The molecule has 8 rings (SSSR count). The normalized spacial score (nSPS) is 19.4. The molecular formula is C32H32N8O3. The van der Waals surface area contributed by atoms with Crippen LogP contribution in [0.3, 0.4) is 0 Å². The van der Waals surface area contributed by atoms with Crippen molar-refractivity contribution in [3.63, 3.8) is 0 Å². The number of fused-ring (bicyclic) bond motifs is 6. The molecule has 1 unspecified atom stereocenters. The first-order valence-electron chi connectivity index (χ1n) is 14.9. The predicted octanol–water partition coefficient (Wildman–Crippen LogP) is 4.28. The van der Waals surface area contributed by atoms with Crippen LogP contribution in [0.1, 0.15) is 31.7 Å². The summed E-state index contributed by atoms with van der Waals surface area (Å²) in [6.07, 6.45) is 11.8. The van der Waals surface area contributed by atoms with Gasteiger partial charge >= 0.3 is 0 Å². The number of nitrogens with zero attached hydrogens (tertiary/aromatic N) is 6. The second-order valence-corrected chi connectivity index (χ2v) is 11.4. The second-order valence-electron chi connectivity index (χ2n) is 11.4. The lowest BCUT2D eigenvalue weighted by atomic mass is 10.1. The first kappa shape index (κ1) is 25.8. The molecule has 3 aliphatic rings. The third-order valence-corrected chi connectivity index (χ3v) is 8.64. The fraction of sp³-hybridized carbons (Fsp3) is 0.312. The van der Waals surface area contributed by atoms with Crippen LogP contribution in [0.25, 0.3) is 27.6 Å². The summed E-state index contributed by atoms with van der Waals surface area (Å²) in [6, 6.07) is 14.5. The van der Waals surface area contributed by atoms with Crippen molar-refractivity contribution >= 4 is 45.2 Å². The number of piperidine rings is 1. The average Bonchev–Trinajstić information content (AvgIpc) is 3.57. The van der Waals surface area contributed by atoms with Crippen LogP contribution in [0.15, 0.2) is 71.8 Å². The molecule has 0 aliphatic carbocycles. The maximum absolute atomic E-state index is 13.6. The molecule has 3 aliphatic heterocycles. The van der Waals surface area contributed by atoms with Crippen molar-refractivity contribution < 1.29 is 9.53 Å². The molecule has 0 radical (unpaired) electrons. The van der Waals surface area contributed by atoms with E-state index in [0.717, 1.165) is 37.0 Å². The highest BCUT2D eigenvalue weighted by atomic mass is 16.5. The number of hydrogen-bond donors (Lipinski definition) is 2. The Morgan fingerprint density at radius 3 is 2.91 bits per heavy atom. The molecule has 1 fully saturated rings. The Bertz CT molecular complexity index is 1960. The molecule has 43 heavy (non-hydrogen) atoms. The van der Waals surface area contributed by atoms with Gasteiger partial charge in [0.1, 0.15) is 11.1 Å². The van der Waals surface area contributed by atoms with Gasteiger partial charge in [-0.25, -0.2) is 14.3 Å². The number of amides is 1. The third kappa shape index (κ3) is 4.47. The number of hydrogen-bond acceptors (Lipinski definition) is 7. The van der Waals surface area contributed by atoms with E-state index in [1.165, 1.54) is 18.4 Å². The van der Waals surface area contributed by atoms with Crippen molar-refractivity contribution in [1.29, 1.82) is 0 Å². The molecule has 2 N–H and O–H groups in total. The highest BCUT2D eigenvalue weighted by Gasteiger charge is 2.27. The van der Waals surface area contributed by atoms with Crippen LogP contribution >= 0.6 is 0 Å². The number of anilines is 3.